The number of aliphatic imine (C=N–C) groups is 2. The quantitative estimate of drug-likeness (QED) is 0.529. The van der Waals surface area contributed by atoms with Gasteiger partial charge in [-0.3, -0.25) is 14.6 Å². The van der Waals surface area contributed by atoms with Crippen molar-refractivity contribution < 1.29 is 9.59 Å². The van der Waals surface area contributed by atoms with Crippen molar-refractivity contribution in [3.8, 4) is 0 Å². The first kappa shape index (κ1) is 22.4. The third-order valence-electron chi connectivity index (χ3n) is 5.60. The van der Waals surface area contributed by atoms with E-state index in [2.05, 4.69) is 5.32 Å². The molecule has 6 nitrogen and oxygen atoms in total. The summed E-state index contributed by atoms with van der Waals surface area (Å²) in [5, 5.41) is 3.23. The van der Waals surface area contributed by atoms with Crippen LogP contribution >= 0.6 is 23.4 Å². The minimum Gasteiger partial charge on any atom is -0.324 e. The average Bonchev–Trinajstić information content (AvgIpc) is 3.17. The predicted octanol–water partition coefficient (Wildman–Crippen LogP) is 5.30. The molecule has 2 aliphatic heterocycles. The topological polar surface area (TPSA) is 74.1 Å². The lowest BCUT2D eigenvalue weighted by atomic mass is 10.1. The molecule has 2 atom stereocenters. The number of thioether (sulfide) groups is 1. The summed E-state index contributed by atoms with van der Waals surface area (Å²) < 4.78 is 0. The van der Waals surface area contributed by atoms with Crippen molar-refractivity contribution >= 4 is 57.6 Å². The zero-order valence-electron chi connectivity index (χ0n) is 18.3. The fourth-order valence-electron chi connectivity index (χ4n) is 3.86. The van der Waals surface area contributed by atoms with Gasteiger partial charge in [-0.2, -0.15) is 0 Å². The van der Waals surface area contributed by atoms with Crippen molar-refractivity contribution in [2.75, 3.05) is 5.32 Å². The maximum Gasteiger partial charge on any atom is 0.259 e. The summed E-state index contributed by atoms with van der Waals surface area (Å²) in [5.74, 6) is 0.210. The van der Waals surface area contributed by atoms with E-state index in [0.29, 0.717) is 28.1 Å². The van der Waals surface area contributed by atoms with Gasteiger partial charge in [0.25, 0.3) is 5.91 Å². The molecule has 2 heterocycles. The molecule has 170 valence electrons. The summed E-state index contributed by atoms with van der Waals surface area (Å²) in [6, 6.07) is 24.0. The van der Waals surface area contributed by atoms with Gasteiger partial charge in [-0.25, -0.2) is 9.89 Å². The van der Waals surface area contributed by atoms with Crippen LogP contribution in [-0.4, -0.2) is 39.0 Å². The Hall–Kier alpha value is -3.42. The van der Waals surface area contributed by atoms with Gasteiger partial charge >= 0.3 is 0 Å². The number of amidine groups is 2. The van der Waals surface area contributed by atoms with Gasteiger partial charge < -0.3 is 5.32 Å². The summed E-state index contributed by atoms with van der Waals surface area (Å²) >= 11 is 7.41. The minimum atomic E-state index is -0.540. The Kier molecular flexibility index (Phi) is 6.22. The molecule has 0 aromatic heterocycles. The number of amides is 2. The van der Waals surface area contributed by atoms with Crippen LogP contribution < -0.4 is 5.32 Å². The lowest BCUT2D eigenvalue weighted by molar-refractivity contribution is -0.124. The highest BCUT2D eigenvalue weighted by Crippen LogP contribution is 2.35. The Bertz CT molecular complexity index is 1330. The summed E-state index contributed by atoms with van der Waals surface area (Å²) in [6.07, 6.45) is 0.502. The number of carbonyl (C=O) groups excluding carboxylic acids is 2. The molecule has 34 heavy (non-hydrogen) atoms. The number of rotatable bonds is 5. The highest BCUT2D eigenvalue weighted by molar-refractivity contribution is 8.15. The molecule has 5 rings (SSSR count). The summed E-state index contributed by atoms with van der Waals surface area (Å²) in [4.78, 5) is 37.4. The molecule has 2 amide bonds. The maximum absolute atomic E-state index is 13.5. The zero-order chi connectivity index (χ0) is 23.7. The van der Waals surface area contributed by atoms with Crippen molar-refractivity contribution in [2.24, 2.45) is 9.98 Å². The van der Waals surface area contributed by atoms with Gasteiger partial charge in [-0.15, -0.1) is 0 Å². The Morgan fingerprint density at radius 3 is 2.56 bits per heavy atom. The van der Waals surface area contributed by atoms with E-state index in [1.807, 2.05) is 54.6 Å². The van der Waals surface area contributed by atoms with E-state index in [1.165, 1.54) is 11.8 Å². The largest absolute Gasteiger partial charge is 0.324 e. The Balaban J connectivity index is 1.41. The van der Waals surface area contributed by atoms with Gasteiger partial charge in [0.05, 0.1) is 21.6 Å². The van der Waals surface area contributed by atoms with Gasteiger partial charge in [0.1, 0.15) is 11.9 Å². The number of fused-ring (bicyclic) bond motifs is 3. The van der Waals surface area contributed by atoms with Gasteiger partial charge in [0.15, 0.2) is 5.17 Å². The molecule has 0 bridgehead atoms. The van der Waals surface area contributed by atoms with E-state index in [0.717, 1.165) is 16.8 Å². The number of hydrogen-bond donors (Lipinski definition) is 1. The number of para-hydroxylation sites is 2. The maximum atomic E-state index is 13.5. The number of carbonyl (C=O) groups is 2. The zero-order valence-corrected chi connectivity index (χ0v) is 19.9. The van der Waals surface area contributed by atoms with Gasteiger partial charge in [-0.1, -0.05) is 78.0 Å². The molecule has 1 N–H and O–H groups in total. The van der Waals surface area contributed by atoms with Crippen molar-refractivity contribution in [3.05, 3.63) is 95.0 Å². The first-order valence-electron chi connectivity index (χ1n) is 10.9. The van der Waals surface area contributed by atoms with Crippen LogP contribution in [0.1, 0.15) is 18.1 Å². The normalized spacial score (nSPS) is 17.4. The minimum absolute atomic E-state index is 0.140. The van der Waals surface area contributed by atoms with Crippen LogP contribution in [0.3, 0.4) is 0 Å². The van der Waals surface area contributed by atoms with E-state index in [1.54, 1.807) is 36.1 Å². The van der Waals surface area contributed by atoms with Gasteiger partial charge in [0, 0.05) is 12.0 Å². The Morgan fingerprint density at radius 1 is 1.06 bits per heavy atom. The number of nitrogens with zero attached hydrogens (tertiary/aromatic N) is 3. The first-order chi connectivity index (χ1) is 16.5. The number of anilines is 1. The monoisotopic (exact) mass is 488 g/mol. The average molecular weight is 489 g/mol. The van der Waals surface area contributed by atoms with Gasteiger partial charge in [-0.05, 0) is 36.8 Å². The van der Waals surface area contributed by atoms with Crippen molar-refractivity contribution in [1.29, 1.82) is 0 Å². The molecule has 0 saturated heterocycles. The molecule has 0 unspecified atom stereocenters. The smallest absolute Gasteiger partial charge is 0.259 e. The lowest BCUT2D eigenvalue weighted by Gasteiger charge is -2.27. The molecule has 8 heteroatoms. The summed E-state index contributed by atoms with van der Waals surface area (Å²) in [5.41, 5.74) is 3.12. The second-order valence-electron chi connectivity index (χ2n) is 7.97. The van der Waals surface area contributed by atoms with Crippen LogP contribution in [0, 0.1) is 0 Å². The molecule has 0 spiro atoms. The summed E-state index contributed by atoms with van der Waals surface area (Å²) in [6.45, 7) is 1.78. The van der Waals surface area contributed by atoms with Crippen molar-refractivity contribution in [1.82, 2.24) is 4.90 Å². The molecule has 0 aliphatic carbocycles. The molecule has 0 fully saturated rings. The highest BCUT2D eigenvalue weighted by atomic mass is 35.5. The first-order valence-corrected chi connectivity index (χ1v) is 12.1. The molecule has 3 aromatic carbocycles. The van der Waals surface area contributed by atoms with Crippen LogP contribution in [0.5, 0.6) is 0 Å². The van der Waals surface area contributed by atoms with E-state index >= 15 is 0 Å². The summed E-state index contributed by atoms with van der Waals surface area (Å²) in [7, 11) is 0. The standard InChI is InChI=1S/C26H21ClN4O2S/c1-16(24(32)29-21-14-8-6-12-19(21)27)34-26-30-20-13-7-5-11-18(20)23-28-22(25(33)31(23)26)15-17-9-3-2-4-10-17/h2-14,16,22H,15H2,1H3,(H,29,32)/t16-,22-/m0/s1. The lowest BCUT2D eigenvalue weighted by Crippen LogP contribution is -2.42. The number of hydrogen-bond acceptors (Lipinski definition) is 5. The van der Waals surface area contributed by atoms with E-state index in [4.69, 9.17) is 21.6 Å². The molecular weight excluding hydrogens is 468 g/mol. The molecular formula is C26H21ClN4O2S. The Morgan fingerprint density at radius 2 is 1.76 bits per heavy atom. The fourth-order valence-corrected chi connectivity index (χ4v) is 4.96. The number of benzene rings is 3. The van der Waals surface area contributed by atoms with Crippen LogP contribution in [0.25, 0.3) is 0 Å². The van der Waals surface area contributed by atoms with Gasteiger partial charge in [0.2, 0.25) is 5.91 Å². The second-order valence-corrected chi connectivity index (χ2v) is 9.69. The highest BCUT2D eigenvalue weighted by Gasteiger charge is 2.42. The van der Waals surface area contributed by atoms with E-state index < -0.39 is 11.3 Å². The molecule has 3 aromatic rings. The fraction of sp³-hybridized carbons (Fsp3) is 0.154. The van der Waals surface area contributed by atoms with Crippen LogP contribution in [0.2, 0.25) is 5.02 Å². The van der Waals surface area contributed by atoms with E-state index in [-0.39, 0.29) is 11.8 Å². The van der Waals surface area contributed by atoms with Crippen LogP contribution in [0.4, 0.5) is 11.4 Å². The number of halogens is 1. The molecule has 0 radical (unpaired) electrons. The van der Waals surface area contributed by atoms with E-state index in [9.17, 15) is 9.59 Å². The third kappa shape index (κ3) is 4.36. The SMILES string of the molecule is C[C@H](SC1=Nc2ccccc2C2=N[C@@H](Cc3ccccc3)C(=O)N12)C(=O)Nc1ccccc1Cl. The third-order valence-corrected chi connectivity index (χ3v) is 6.98. The Labute approximate surface area is 206 Å². The predicted molar refractivity (Wildman–Crippen MR) is 138 cm³/mol. The molecule has 0 saturated carbocycles. The molecule has 2 aliphatic rings. The van der Waals surface area contributed by atoms with Crippen LogP contribution in [-0.2, 0) is 16.0 Å². The van der Waals surface area contributed by atoms with Crippen molar-refractivity contribution in [3.63, 3.8) is 0 Å². The van der Waals surface area contributed by atoms with Crippen molar-refractivity contribution in [2.45, 2.75) is 24.6 Å². The second kappa shape index (κ2) is 9.44. The number of nitrogens with one attached hydrogen (secondary N) is 1. The van der Waals surface area contributed by atoms with Crippen LogP contribution in [0.15, 0.2) is 88.8 Å².